The summed E-state index contributed by atoms with van der Waals surface area (Å²) in [7, 11) is -4.02. The highest BCUT2D eigenvalue weighted by atomic mass is 32.2. The number of carbonyl (C=O) groups is 1. The topological polar surface area (TPSA) is 127 Å². The molecule has 7 atom stereocenters. The summed E-state index contributed by atoms with van der Waals surface area (Å²) in [5.41, 5.74) is 1.29. The molecule has 2 bridgehead atoms. The number of anilines is 1. The highest BCUT2D eigenvalue weighted by molar-refractivity contribution is 7.89. The first-order valence-corrected chi connectivity index (χ1v) is 19.3. The van der Waals surface area contributed by atoms with Crippen LogP contribution in [0.3, 0.4) is 0 Å². The Bertz CT molecular complexity index is 1780. The van der Waals surface area contributed by atoms with Gasteiger partial charge in [0, 0.05) is 42.8 Å². The number of fused-ring (bicyclic) bond motifs is 2. The molecular weight excluding hydrogens is 658 g/mol. The van der Waals surface area contributed by atoms with Crippen molar-refractivity contribution in [1.29, 1.82) is 0 Å². The molecule has 2 N–H and O–H groups in total. The molecule has 5 fully saturated rings. The number of thiazole rings is 1. The molecule has 3 saturated carbocycles. The molecule has 0 spiro atoms. The van der Waals surface area contributed by atoms with Crippen LogP contribution in [-0.2, 0) is 35.4 Å². The molecule has 0 radical (unpaired) electrons. The molecule has 2 aliphatic heterocycles. The summed E-state index contributed by atoms with van der Waals surface area (Å²) >= 11 is 1.44. The van der Waals surface area contributed by atoms with Crippen molar-refractivity contribution in [2.24, 2.45) is 29.1 Å². The molecule has 258 valence electrons. The van der Waals surface area contributed by atoms with Crippen molar-refractivity contribution in [2.75, 3.05) is 31.6 Å². The van der Waals surface area contributed by atoms with E-state index in [0.717, 1.165) is 53.0 Å². The van der Waals surface area contributed by atoms with Gasteiger partial charge in [0.15, 0.2) is 11.4 Å². The molecule has 13 heteroatoms. The summed E-state index contributed by atoms with van der Waals surface area (Å²) in [6.07, 6.45) is 3.30. The molecule has 3 aliphatic carbocycles. The summed E-state index contributed by atoms with van der Waals surface area (Å²) in [6.45, 7) is 3.09. The fourth-order valence-corrected chi connectivity index (χ4v) is 10.3. The molecule has 10 nitrogen and oxygen atoms in total. The van der Waals surface area contributed by atoms with Crippen molar-refractivity contribution in [1.82, 2.24) is 9.29 Å². The number of hydrogen-bond donors (Lipinski definition) is 2. The van der Waals surface area contributed by atoms with Crippen LogP contribution in [0.15, 0.2) is 47.4 Å². The van der Waals surface area contributed by atoms with Gasteiger partial charge in [0.05, 0.1) is 40.9 Å². The van der Waals surface area contributed by atoms with Crippen molar-refractivity contribution < 1.29 is 36.9 Å². The molecule has 5 unspecified atom stereocenters. The van der Waals surface area contributed by atoms with Gasteiger partial charge in [-0.05, 0) is 79.8 Å². The van der Waals surface area contributed by atoms with Crippen LogP contribution in [0.25, 0.3) is 10.2 Å². The third-order valence-corrected chi connectivity index (χ3v) is 13.7. The Morgan fingerprint density at radius 3 is 2.69 bits per heavy atom. The average molecular weight is 700 g/mol. The zero-order valence-corrected chi connectivity index (χ0v) is 28.6. The Labute approximate surface area is 284 Å². The van der Waals surface area contributed by atoms with E-state index >= 15 is 0 Å². The number of ether oxygens (including phenoxy) is 3. The second-order valence-corrected chi connectivity index (χ2v) is 17.8. The van der Waals surface area contributed by atoms with Gasteiger partial charge in [0.1, 0.15) is 11.9 Å². The molecule has 3 aromatic rings. The third-order valence-electron chi connectivity index (χ3n) is 10.9. The highest BCUT2D eigenvalue weighted by Crippen LogP contribution is 2.50. The first-order chi connectivity index (χ1) is 23.0. The molecular formula is C35H42FN3O7S2. The Morgan fingerprint density at radius 1 is 1.17 bits per heavy atom. The molecule has 1 aromatic heterocycles. The van der Waals surface area contributed by atoms with E-state index in [1.54, 1.807) is 30.3 Å². The predicted molar refractivity (Wildman–Crippen MR) is 177 cm³/mol. The average Bonchev–Trinajstić information content (AvgIpc) is 3.89. The van der Waals surface area contributed by atoms with Gasteiger partial charge >= 0.3 is 5.97 Å². The van der Waals surface area contributed by atoms with Gasteiger partial charge in [-0.15, -0.1) is 0 Å². The fraction of sp³-hybridized carbons (Fsp3) is 0.600. The van der Waals surface area contributed by atoms with Gasteiger partial charge in [-0.2, -0.15) is 4.31 Å². The highest BCUT2D eigenvalue weighted by Gasteiger charge is 2.56. The summed E-state index contributed by atoms with van der Waals surface area (Å²) in [5.74, 6) is -1.08. The molecule has 2 saturated heterocycles. The van der Waals surface area contributed by atoms with Crippen LogP contribution in [0.1, 0.15) is 51.0 Å². The Balaban J connectivity index is 1.03. The van der Waals surface area contributed by atoms with Crippen LogP contribution < -0.4 is 5.32 Å². The van der Waals surface area contributed by atoms with Gasteiger partial charge in [-0.25, -0.2) is 17.8 Å². The van der Waals surface area contributed by atoms with Crippen LogP contribution >= 0.6 is 11.3 Å². The maximum atomic E-state index is 14.3. The van der Waals surface area contributed by atoms with E-state index in [-0.39, 0.29) is 72.2 Å². The van der Waals surface area contributed by atoms with Gasteiger partial charge in [0.25, 0.3) is 0 Å². The van der Waals surface area contributed by atoms with E-state index in [1.807, 2.05) is 0 Å². The number of esters is 1. The summed E-state index contributed by atoms with van der Waals surface area (Å²) in [4.78, 5) is 18.3. The number of sulfonamides is 1. The number of aliphatic hydroxyl groups is 1. The van der Waals surface area contributed by atoms with Crippen LogP contribution in [0, 0.1) is 34.9 Å². The second-order valence-electron chi connectivity index (χ2n) is 14.9. The van der Waals surface area contributed by atoms with E-state index < -0.39 is 28.0 Å². The third kappa shape index (κ3) is 6.74. The van der Waals surface area contributed by atoms with Gasteiger partial charge in [0.2, 0.25) is 10.0 Å². The first kappa shape index (κ1) is 32.5. The second kappa shape index (κ2) is 12.6. The van der Waals surface area contributed by atoms with Crippen molar-refractivity contribution in [3.8, 4) is 0 Å². The number of benzene rings is 2. The minimum absolute atomic E-state index is 0.0864. The molecule has 5 aliphatic rings. The number of hydrogen-bond acceptors (Lipinski definition) is 10. The maximum absolute atomic E-state index is 14.3. The number of halogens is 1. The van der Waals surface area contributed by atoms with Gasteiger partial charge in [-0.3, -0.25) is 4.79 Å². The van der Waals surface area contributed by atoms with Crippen LogP contribution in [-0.4, -0.2) is 79.6 Å². The lowest BCUT2D eigenvalue weighted by Gasteiger charge is -2.31. The van der Waals surface area contributed by atoms with E-state index in [4.69, 9.17) is 14.2 Å². The lowest BCUT2D eigenvalue weighted by atomic mass is 9.90. The minimum Gasteiger partial charge on any atom is -0.462 e. The summed E-state index contributed by atoms with van der Waals surface area (Å²) < 4.78 is 62.2. The number of nitrogens with zero attached hydrogens (tertiary/aromatic N) is 2. The maximum Gasteiger partial charge on any atom is 0.306 e. The molecule has 0 amide bonds. The van der Waals surface area contributed by atoms with E-state index in [1.165, 1.54) is 27.8 Å². The summed E-state index contributed by atoms with van der Waals surface area (Å²) in [6, 6.07) is 11.4. The van der Waals surface area contributed by atoms with Gasteiger partial charge in [-0.1, -0.05) is 30.4 Å². The number of aliphatic hydroxyl groups excluding tert-OH is 1. The van der Waals surface area contributed by atoms with Crippen molar-refractivity contribution in [3.05, 3.63) is 53.8 Å². The fourth-order valence-electron chi connectivity index (χ4n) is 7.61. The van der Waals surface area contributed by atoms with Crippen molar-refractivity contribution in [3.63, 3.8) is 0 Å². The zero-order valence-electron chi connectivity index (χ0n) is 26.9. The van der Waals surface area contributed by atoms with Crippen molar-refractivity contribution >= 4 is 42.7 Å². The lowest BCUT2D eigenvalue weighted by molar-refractivity contribution is -0.178. The lowest BCUT2D eigenvalue weighted by Crippen LogP contribution is -2.44. The Hall–Kier alpha value is -2.68. The molecule has 2 aromatic carbocycles. The quantitative estimate of drug-likeness (QED) is 0.225. The van der Waals surface area contributed by atoms with Crippen molar-refractivity contribution in [2.45, 2.75) is 81.3 Å². The van der Waals surface area contributed by atoms with E-state index in [9.17, 15) is 22.7 Å². The number of nitrogens with one attached hydrogen (secondary N) is 1. The minimum atomic E-state index is -4.02. The SMILES string of the molecule is CC1(CN(C[C@@H](O)[C@@H](CC(=O)OC2C3COC4OCC2C4C3)Cc2ccc(F)cc2)S(=O)(=O)c2ccc3nc(NC4CC4)sc3c2)CC1. The zero-order chi connectivity index (χ0) is 33.2. The van der Waals surface area contributed by atoms with Crippen LogP contribution in [0.4, 0.5) is 9.52 Å². The van der Waals surface area contributed by atoms with Crippen LogP contribution in [0.2, 0.25) is 0 Å². The number of rotatable bonds is 14. The largest absolute Gasteiger partial charge is 0.462 e. The molecule has 48 heavy (non-hydrogen) atoms. The smallest absolute Gasteiger partial charge is 0.306 e. The standard InChI is InChI=1S/C35H42FN3O7S2/c1-35(10-11-35)19-39(48(42,43)25-8-9-28-30(15-25)47-34(38-28)37-24-6-7-24)16-29(40)21(12-20-2-4-23(36)5-3-20)14-31(41)46-32-22-13-26-27(32)18-45-33(26)44-17-22/h2-5,8-9,15,21-22,24,26-27,29,32-33,40H,6-7,10-14,16-19H2,1H3,(H,37,38)/t21-,22?,26?,27?,29-,32?,33?/m1/s1. The molecule has 3 heterocycles. The number of aromatic nitrogens is 1. The Kier molecular flexibility index (Phi) is 8.52. The predicted octanol–water partition coefficient (Wildman–Crippen LogP) is 4.96. The summed E-state index contributed by atoms with van der Waals surface area (Å²) in [5, 5.41) is 16.0. The Morgan fingerprint density at radius 2 is 1.94 bits per heavy atom. The van der Waals surface area contributed by atoms with Gasteiger partial charge < -0.3 is 24.6 Å². The van der Waals surface area contributed by atoms with E-state index in [2.05, 4.69) is 17.2 Å². The molecule has 8 rings (SSSR count). The number of carbonyl (C=O) groups excluding carboxylic acids is 1. The van der Waals surface area contributed by atoms with Crippen LogP contribution in [0.5, 0.6) is 0 Å². The van der Waals surface area contributed by atoms with E-state index in [0.29, 0.717) is 19.3 Å². The first-order valence-electron chi connectivity index (χ1n) is 17.1. The normalized spacial score (nSPS) is 28.5. The monoisotopic (exact) mass is 699 g/mol.